The number of nitrogens with zero attached hydrogens (tertiary/aromatic N) is 4. The van der Waals surface area contributed by atoms with Crippen LogP contribution in [0.15, 0.2) is 6.20 Å². The van der Waals surface area contributed by atoms with Crippen LogP contribution in [0, 0.1) is 11.8 Å². The molecule has 0 aromatic carbocycles. The molecule has 1 N–H and O–H groups in total. The van der Waals surface area contributed by atoms with Crippen LogP contribution in [0.25, 0.3) is 0 Å². The highest BCUT2D eigenvalue weighted by atomic mass is 16.2. The van der Waals surface area contributed by atoms with E-state index in [0.29, 0.717) is 17.9 Å². The molecule has 2 aliphatic heterocycles. The van der Waals surface area contributed by atoms with Gasteiger partial charge in [-0.3, -0.25) is 4.68 Å². The van der Waals surface area contributed by atoms with Gasteiger partial charge in [-0.05, 0) is 51.1 Å². The highest BCUT2D eigenvalue weighted by Gasteiger charge is 2.37. The average molecular weight is 348 g/mol. The fourth-order valence-corrected chi connectivity index (χ4v) is 4.42. The molecule has 140 valence electrons. The molecule has 2 saturated heterocycles. The third-order valence-corrected chi connectivity index (χ3v) is 5.60. The van der Waals surface area contributed by atoms with Crippen LogP contribution >= 0.6 is 0 Å². The number of piperidine rings is 2. The van der Waals surface area contributed by atoms with Gasteiger partial charge in [-0.2, -0.15) is 5.10 Å². The molecule has 2 fully saturated rings. The summed E-state index contributed by atoms with van der Waals surface area (Å²) >= 11 is 0. The quantitative estimate of drug-likeness (QED) is 0.911. The van der Waals surface area contributed by atoms with Crippen LogP contribution in [0.1, 0.15) is 45.7 Å². The summed E-state index contributed by atoms with van der Waals surface area (Å²) in [6.45, 7) is 10.5. The summed E-state index contributed by atoms with van der Waals surface area (Å²) in [4.78, 5) is 17.4. The van der Waals surface area contributed by atoms with Crippen molar-refractivity contribution >= 4 is 11.7 Å². The van der Waals surface area contributed by atoms with Crippen molar-refractivity contribution in [3.8, 4) is 0 Å². The molecule has 1 aromatic heterocycles. The van der Waals surface area contributed by atoms with E-state index in [4.69, 9.17) is 0 Å². The number of urea groups is 1. The van der Waals surface area contributed by atoms with Gasteiger partial charge in [-0.1, -0.05) is 20.8 Å². The molecular weight excluding hydrogens is 314 g/mol. The first-order valence-electron chi connectivity index (χ1n) is 9.80. The maximum Gasteiger partial charge on any atom is 0.322 e. The van der Waals surface area contributed by atoms with Gasteiger partial charge < -0.3 is 15.1 Å². The minimum absolute atomic E-state index is 0.0538. The summed E-state index contributed by atoms with van der Waals surface area (Å²) in [5.41, 5.74) is 2.00. The molecular formula is C19H33N5O. The first-order valence-corrected chi connectivity index (χ1v) is 9.80. The van der Waals surface area contributed by atoms with E-state index in [0.717, 1.165) is 56.8 Å². The molecule has 2 amide bonds. The fourth-order valence-electron chi connectivity index (χ4n) is 4.42. The van der Waals surface area contributed by atoms with Crippen molar-refractivity contribution in [1.29, 1.82) is 0 Å². The number of carbonyl (C=O) groups is 1. The smallest absolute Gasteiger partial charge is 0.321 e. The van der Waals surface area contributed by atoms with Crippen LogP contribution in [-0.2, 0) is 13.0 Å². The number of amides is 2. The van der Waals surface area contributed by atoms with Gasteiger partial charge in [0.05, 0.1) is 17.6 Å². The van der Waals surface area contributed by atoms with Gasteiger partial charge in [0, 0.05) is 25.7 Å². The van der Waals surface area contributed by atoms with Crippen LogP contribution in [-0.4, -0.2) is 58.3 Å². The number of anilines is 1. The Kier molecular flexibility index (Phi) is 5.67. The maximum atomic E-state index is 13.0. The zero-order valence-electron chi connectivity index (χ0n) is 16.2. The number of carbonyl (C=O) groups excluding carboxylic acids is 1. The number of aromatic nitrogens is 2. The van der Waals surface area contributed by atoms with Gasteiger partial charge in [0.15, 0.2) is 0 Å². The van der Waals surface area contributed by atoms with E-state index in [-0.39, 0.29) is 6.03 Å². The Morgan fingerprint density at radius 2 is 2.16 bits per heavy atom. The van der Waals surface area contributed by atoms with Crippen LogP contribution in [0.3, 0.4) is 0 Å². The molecule has 0 unspecified atom stereocenters. The Morgan fingerprint density at radius 3 is 2.88 bits per heavy atom. The van der Waals surface area contributed by atoms with E-state index < -0.39 is 0 Å². The van der Waals surface area contributed by atoms with Crippen molar-refractivity contribution in [2.75, 3.05) is 32.0 Å². The standard InChI is InChI=1S/C19H33N5O/c1-5-17-16(11-20-24(17)12-14(2)3)21-19(25)23-9-6-7-15-13-22(4)10-8-18(15)23/h11,14-15,18H,5-10,12-13H2,1-4H3,(H,21,25)/t15-,18+/m1/s1. The summed E-state index contributed by atoms with van der Waals surface area (Å²) < 4.78 is 2.04. The molecule has 3 rings (SSSR count). The van der Waals surface area contributed by atoms with Crippen molar-refractivity contribution in [2.45, 2.75) is 59.0 Å². The third kappa shape index (κ3) is 4.00. The van der Waals surface area contributed by atoms with E-state index in [9.17, 15) is 4.79 Å². The van der Waals surface area contributed by atoms with Crippen molar-refractivity contribution in [1.82, 2.24) is 19.6 Å². The Morgan fingerprint density at radius 1 is 1.36 bits per heavy atom. The van der Waals surface area contributed by atoms with Crippen molar-refractivity contribution in [2.24, 2.45) is 11.8 Å². The molecule has 6 heteroatoms. The number of nitrogens with one attached hydrogen (secondary N) is 1. The lowest BCUT2D eigenvalue weighted by Crippen LogP contribution is -2.56. The number of rotatable bonds is 4. The molecule has 0 saturated carbocycles. The van der Waals surface area contributed by atoms with Crippen LogP contribution in [0.4, 0.5) is 10.5 Å². The second kappa shape index (κ2) is 7.77. The Labute approximate surface area is 151 Å². The topological polar surface area (TPSA) is 53.4 Å². The van der Waals surface area contributed by atoms with Gasteiger partial charge in [0.1, 0.15) is 0 Å². The van der Waals surface area contributed by atoms with E-state index in [1.165, 1.54) is 6.42 Å². The van der Waals surface area contributed by atoms with E-state index >= 15 is 0 Å². The zero-order valence-corrected chi connectivity index (χ0v) is 16.2. The van der Waals surface area contributed by atoms with Gasteiger partial charge >= 0.3 is 6.03 Å². The van der Waals surface area contributed by atoms with Gasteiger partial charge in [-0.25, -0.2) is 4.79 Å². The van der Waals surface area contributed by atoms with Crippen LogP contribution in [0.2, 0.25) is 0 Å². The molecule has 25 heavy (non-hydrogen) atoms. The predicted octanol–water partition coefficient (Wildman–Crippen LogP) is 3.05. The monoisotopic (exact) mass is 347 g/mol. The highest BCUT2D eigenvalue weighted by molar-refractivity contribution is 5.90. The second-order valence-corrected chi connectivity index (χ2v) is 8.08. The van der Waals surface area contributed by atoms with E-state index in [2.05, 4.69) is 48.0 Å². The molecule has 2 atom stereocenters. The number of fused-ring (bicyclic) bond motifs is 1. The highest BCUT2D eigenvalue weighted by Crippen LogP contribution is 2.30. The molecule has 0 aliphatic carbocycles. The molecule has 6 nitrogen and oxygen atoms in total. The lowest BCUT2D eigenvalue weighted by Gasteiger charge is -2.46. The third-order valence-electron chi connectivity index (χ3n) is 5.60. The first-order chi connectivity index (χ1) is 12.0. The van der Waals surface area contributed by atoms with Gasteiger partial charge in [0.2, 0.25) is 0 Å². The maximum absolute atomic E-state index is 13.0. The SMILES string of the molecule is CCc1c(NC(=O)N2CCC[C@@H]3CN(C)CC[C@@H]32)cnn1CC(C)C. The van der Waals surface area contributed by atoms with E-state index in [1.54, 1.807) is 0 Å². The van der Waals surface area contributed by atoms with Crippen molar-refractivity contribution in [3.63, 3.8) is 0 Å². The fraction of sp³-hybridized carbons (Fsp3) is 0.789. The zero-order chi connectivity index (χ0) is 18.0. The predicted molar refractivity (Wildman–Crippen MR) is 101 cm³/mol. The van der Waals surface area contributed by atoms with Crippen molar-refractivity contribution in [3.05, 3.63) is 11.9 Å². The molecule has 0 spiro atoms. The molecule has 3 heterocycles. The lowest BCUT2D eigenvalue weighted by molar-refractivity contribution is 0.0579. The Hall–Kier alpha value is -1.56. The van der Waals surface area contributed by atoms with E-state index in [1.807, 2.05) is 10.9 Å². The molecule has 0 bridgehead atoms. The minimum atomic E-state index is 0.0538. The number of hydrogen-bond acceptors (Lipinski definition) is 3. The van der Waals surface area contributed by atoms with Crippen LogP contribution < -0.4 is 5.32 Å². The lowest BCUT2D eigenvalue weighted by atomic mass is 9.84. The average Bonchev–Trinajstić information content (AvgIpc) is 2.94. The first kappa shape index (κ1) is 18.2. The van der Waals surface area contributed by atoms with Crippen LogP contribution in [0.5, 0.6) is 0 Å². The minimum Gasteiger partial charge on any atom is -0.321 e. The molecule has 1 aromatic rings. The number of hydrogen-bond donors (Lipinski definition) is 1. The van der Waals surface area contributed by atoms with Gasteiger partial charge in [-0.15, -0.1) is 0 Å². The van der Waals surface area contributed by atoms with Gasteiger partial charge in [0.25, 0.3) is 0 Å². The summed E-state index contributed by atoms with van der Waals surface area (Å²) in [7, 11) is 2.19. The van der Waals surface area contributed by atoms with Crippen molar-refractivity contribution < 1.29 is 4.79 Å². The second-order valence-electron chi connectivity index (χ2n) is 8.08. The molecule has 0 radical (unpaired) electrons. The Balaban J connectivity index is 1.70. The summed E-state index contributed by atoms with van der Waals surface area (Å²) in [6, 6.07) is 0.443. The summed E-state index contributed by atoms with van der Waals surface area (Å²) in [5, 5.41) is 7.65. The largest absolute Gasteiger partial charge is 0.322 e. The summed E-state index contributed by atoms with van der Waals surface area (Å²) in [6.07, 6.45) is 6.12. The summed E-state index contributed by atoms with van der Waals surface area (Å²) in [5.74, 6) is 1.16. The molecule has 2 aliphatic rings. The Bertz CT molecular complexity index is 597. The number of likely N-dealkylation sites (tertiary alicyclic amines) is 2. The normalized spacial score (nSPS) is 24.4.